The van der Waals surface area contributed by atoms with Gasteiger partial charge in [-0.05, 0) is 17.7 Å². The van der Waals surface area contributed by atoms with Gasteiger partial charge in [0.2, 0.25) is 5.91 Å². The summed E-state index contributed by atoms with van der Waals surface area (Å²) in [5, 5.41) is 3.01. The number of esters is 1. The van der Waals surface area contributed by atoms with Crippen LogP contribution in [0, 0.1) is 0 Å². The number of benzene rings is 2. The van der Waals surface area contributed by atoms with Crippen LogP contribution in [0.15, 0.2) is 54.6 Å². The molecule has 0 bridgehead atoms. The second-order valence-corrected chi connectivity index (χ2v) is 5.74. The van der Waals surface area contributed by atoms with Crippen molar-refractivity contribution in [2.24, 2.45) is 0 Å². The molecule has 1 aliphatic rings. The molecule has 1 N–H and O–H groups in total. The average Bonchev–Trinajstić information content (AvgIpc) is 2.90. The van der Waals surface area contributed by atoms with E-state index in [4.69, 9.17) is 4.74 Å². The summed E-state index contributed by atoms with van der Waals surface area (Å²) in [6, 6.07) is 15.4. The molecule has 1 saturated heterocycles. The van der Waals surface area contributed by atoms with Crippen LogP contribution >= 0.6 is 0 Å². The monoisotopic (exact) mass is 338 g/mol. The van der Waals surface area contributed by atoms with Crippen LogP contribution in [-0.4, -0.2) is 35.8 Å². The van der Waals surface area contributed by atoms with E-state index in [0.717, 1.165) is 5.56 Å². The van der Waals surface area contributed by atoms with E-state index in [1.165, 1.54) is 12.0 Å². The lowest BCUT2D eigenvalue weighted by Crippen LogP contribution is -2.34. The third kappa shape index (κ3) is 3.52. The van der Waals surface area contributed by atoms with Crippen LogP contribution < -0.4 is 5.32 Å². The van der Waals surface area contributed by atoms with Crippen LogP contribution in [0.3, 0.4) is 0 Å². The fourth-order valence-electron chi connectivity index (χ4n) is 2.81. The number of carbonyl (C=O) groups is 3. The Balaban J connectivity index is 1.76. The average molecular weight is 338 g/mol. The molecule has 2 amide bonds. The number of nitrogens with one attached hydrogen (secondary N) is 1. The van der Waals surface area contributed by atoms with Gasteiger partial charge in [-0.3, -0.25) is 14.5 Å². The summed E-state index contributed by atoms with van der Waals surface area (Å²) in [6.45, 7) is 0.245. The number of nitrogens with zero attached hydrogens (tertiary/aromatic N) is 1. The van der Waals surface area contributed by atoms with Gasteiger partial charge >= 0.3 is 5.97 Å². The van der Waals surface area contributed by atoms with Crippen LogP contribution in [0.1, 0.15) is 22.3 Å². The highest BCUT2D eigenvalue weighted by atomic mass is 16.5. The van der Waals surface area contributed by atoms with Crippen LogP contribution in [0.25, 0.3) is 0 Å². The van der Waals surface area contributed by atoms with E-state index in [1.807, 2.05) is 30.3 Å². The maximum atomic E-state index is 12.6. The third-order valence-electron chi connectivity index (χ3n) is 4.09. The molecule has 25 heavy (non-hydrogen) atoms. The van der Waals surface area contributed by atoms with Crippen molar-refractivity contribution in [1.82, 2.24) is 4.90 Å². The van der Waals surface area contributed by atoms with Gasteiger partial charge in [-0.1, -0.05) is 42.5 Å². The molecular formula is C19H18N2O4. The van der Waals surface area contributed by atoms with Crippen molar-refractivity contribution in [3.8, 4) is 0 Å². The topological polar surface area (TPSA) is 75.7 Å². The Hall–Kier alpha value is -3.15. The molecule has 1 atom stereocenters. The Morgan fingerprint density at radius 1 is 1.12 bits per heavy atom. The van der Waals surface area contributed by atoms with Crippen molar-refractivity contribution in [3.63, 3.8) is 0 Å². The second-order valence-electron chi connectivity index (χ2n) is 5.74. The first-order valence-corrected chi connectivity index (χ1v) is 7.92. The first-order valence-electron chi connectivity index (χ1n) is 7.92. The number of ether oxygens (including phenoxy) is 1. The molecule has 6 heteroatoms. The van der Waals surface area contributed by atoms with E-state index < -0.39 is 12.0 Å². The van der Waals surface area contributed by atoms with E-state index in [2.05, 4.69) is 5.32 Å². The number of rotatable bonds is 5. The number of amides is 2. The molecule has 0 saturated carbocycles. The lowest BCUT2D eigenvalue weighted by molar-refractivity contribution is -0.139. The number of likely N-dealkylation sites (tertiary alicyclic amines) is 1. The van der Waals surface area contributed by atoms with E-state index in [-0.39, 0.29) is 24.8 Å². The molecule has 128 valence electrons. The molecule has 1 fully saturated rings. The summed E-state index contributed by atoms with van der Waals surface area (Å²) in [5.74, 6) is -1.03. The molecule has 0 aliphatic carbocycles. The largest absolute Gasteiger partial charge is 0.465 e. The molecule has 2 aromatic carbocycles. The van der Waals surface area contributed by atoms with E-state index in [9.17, 15) is 14.4 Å². The molecule has 3 rings (SSSR count). The highest BCUT2D eigenvalue weighted by Gasteiger charge is 2.38. The zero-order valence-corrected chi connectivity index (χ0v) is 13.8. The van der Waals surface area contributed by atoms with Gasteiger partial charge in [0.05, 0.1) is 25.6 Å². The predicted octanol–water partition coefficient (Wildman–Crippen LogP) is 2.21. The van der Waals surface area contributed by atoms with Crippen molar-refractivity contribution in [3.05, 3.63) is 65.7 Å². The predicted molar refractivity (Wildman–Crippen MR) is 91.8 cm³/mol. The SMILES string of the molecule is COC(=O)c1ccccc1N[C@H]1CC(=O)N(Cc2ccccc2)C1=O. The molecule has 0 radical (unpaired) electrons. The van der Waals surface area contributed by atoms with Gasteiger partial charge in [0.1, 0.15) is 6.04 Å². The lowest BCUT2D eigenvalue weighted by Gasteiger charge is -2.17. The highest BCUT2D eigenvalue weighted by molar-refractivity contribution is 6.07. The minimum absolute atomic E-state index is 0.0567. The lowest BCUT2D eigenvalue weighted by atomic mass is 10.1. The molecule has 1 aliphatic heterocycles. The first kappa shape index (κ1) is 16.7. The van der Waals surface area contributed by atoms with Crippen molar-refractivity contribution < 1.29 is 19.1 Å². The summed E-state index contributed by atoms with van der Waals surface area (Å²) in [7, 11) is 1.30. The Kier molecular flexibility index (Phi) is 4.79. The smallest absolute Gasteiger partial charge is 0.339 e. The van der Waals surface area contributed by atoms with Gasteiger partial charge in [0.25, 0.3) is 5.91 Å². The van der Waals surface area contributed by atoms with Gasteiger partial charge in [-0.2, -0.15) is 0 Å². The number of methoxy groups -OCH3 is 1. The van der Waals surface area contributed by atoms with Gasteiger partial charge in [-0.25, -0.2) is 4.79 Å². The fourth-order valence-corrected chi connectivity index (χ4v) is 2.81. The summed E-state index contributed by atoms with van der Waals surface area (Å²) in [4.78, 5) is 37.9. The number of anilines is 1. The number of imide groups is 1. The summed E-state index contributed by atoms with van der Waals surface area (Å²) in [5.41, 5.74) is 1.69. The van der Waals surface area contributed by atoms with Crippen LogP contribution in [0.5, 0.6) is 0 Å². The van der Waals surface area contributed by atoms with E-state index in [1.54, 1.807) is 24.3 Å². The quantitative estimate of drug-likeness (QED) is 0.668. The molecule has 2 aromatic rings. The van der Waals surface area contributed by atoms with Gasteiger partial charge in [0, 0.05) is 5.69 Å². The minimum Gasteiger partial charge on any atom is -0.465 e. The number of para-hydroxylation sites is 1. The zero-order chi connectivity index (χ0) is 17.8. The standard InChI is InChI=1S/C19H18N2O4/c1-25-19(24)14-9-5-6-10-15(14)20-16-11-17(22)21(18(16)23)12-13-7-3-2-4-8-13/h2-10,16,20H,11-12H2,1H3/t16-/m0/s1. The van der Waals surface area contributed by atoms with Crippen molar-refractivity contribution >= 4 is 23.5 Å². The van der Waals surface area contributed by atoms with E-state index in [0.29, 0.717) is 11.3 Å². The van der Waals surface area contributed by atoms with Crippen LogP contribution in [-0.2, 0) is 20.9 Å². The van der Waals surface area contributed by atoms with Gasteiger partial charge in [0.15, 0.2) is 0 Å². The molecule has 0 spiro atoms. The maximum absolute atomic E-state index is 12.6. The number of carbonyl (C=O) groups excluding carboxylic acids is 3. The van der Waals surface area contributed by atoms with E-state index >= 15 is 0 Å². The Labute approximate surface area is 145 Å². The van der Waals surface area contributed by atoms with Crippen LogP contribution in [0.2, 0.25) is 0 Å². The Morgan fingerprint density at radius 2 is 1.80 bits per heavy atom. The maximum Gasteiger partial charge on any atom is 0.339 e. The summed E-state index contributed by atoms with van der Waals surface area (Å²) >= 11 is 0. The highest BCUT2D eigenvalue weighted by Crippen LogP contribution is 2.23. The molecule has 1 heterocycles. The van der Waals surface area contributed by atoms with Gasteiger partial charge < -0.3 is 10.1 Å². The van der Waals surface area contributed by atoms with Crippen molar-refractivity contribution in [1.29, 1.82) is 0 Å². The normalized spacial score (nSPS) is 16.8. The molecule has 6 nitrogen and oxygen atoms in total. The Bertz CT molecular complexity index is 804. The number of hydrogen-bond acceptors (Lipinski definition) is 5. The minimum atomic E-state index is -0.693. The van der Waals surface area contributed by atoms with Crippen LogP contribution in [0.4, 0.5) is 5.69 Å². The fraction of sp³-hybridized carbons (Fsp3) is 0.211. The molecule has 0 aromatic heterocycles. The Morgan fingerprint density at radius 3 is 2.52 bits per heavy atom. The summed E-state index contributed by atoms with van der Waals surface area (Å²) in [6.07, 6.45) is 0.0567. The number of hydrogen-bond donors (Lipinski definition) is 1. The third-order valence-corrected chi connectivity index (χ3v) is 4.09. The van der Waals surface area contributed by atoms with Gasteiger partial charge in [-0.15, -0.1) is 0 Å². The molecule has 0 unspecified atom stereocenters. The van der Waals surface area contributed by atoms with Crippen molar-refractivity contribution in [2.75, 3.05) is 12.4 Å². The van der Waals surface area contributed by atoms with Crippen molar-refractivity contribution in [2.45, 2.75) is 19.0 Å². The zero-order valence-electron chi connectivity index (χ0n) is 13.8. The second kappa shape index (κ2) is 7.17. The summed E-state index contributed by atoms with van der Waals surface area (Å²) < 4.78 is 4.75. The first-order chi connectivity index (χ1) is 12.1. The molecular weight excluding hydrogens is 320 g/mol.